The highest BCUT2D eigenvalue weighted by molar-refractivity contribution is 5.37. The van der Waals surface area contributed by atoms with Gasteiger partial charge in [-0.05, 0) is 31.9 Å². The SMILES string of the molecule is CC(C)Oc1ccccc1C(Cc1ccccc1)NN. The van der Waals surface area contributed by atoms with Crippen LogP contribution in [0.5, 0.6) is 5.75 Å². The van der Waals surface area contributed by atoms with E-state index in [2.05, 4.69) is 23.6 Å². The lowest BCUT2D eigenvalue weighted by molar-refractivity contribution is 0.237. The van der Waals surface area contributed by atoms with Crippen molar-refractivity contribution in [3.05, 3.63) is 65.7 Å². The molecule has 2 aromatic rings. The van der Waals surface area contributed by atoms with Gasteiger partial charge in [-0.2, -0.15) is 0 Å². The van der Waals surface area contributed by atoms with Crippen molar-refractivity contribution in [1.82, 2.24) is 5.43 Å². The molecule has 0 aliphatic rings. The number of rotatable bonds is 6. The molecule has 0 spiro atoms. The van der Waals surface area contributed by atoms with E-state index in [0.717, 1.165) is 17.7 Å². The van der Waals surface area contributed by atoms with Gasteiger partial charge in [0, 0.05) is 5.56 Å². The minimum absolute atomic E-state index is 0.0346. The molecule has 0 heterocycles. The van der Waals surface area contributed by atoms with Gasteiger partial charge in [0.25, 0.3) is 0 Å². The van der Waals surface area contributed by atoms with E-state index in [4.69, 9.17) is 10.6 Å². The van der Waals surface area contributed by atoms with Crippen LogP contribution in [0.3, 0.4) is 0 Å². The minimum atomic E-state index is 0.0346. The summed E-state index contributed by atoms with van der Waals surface area (Å²) in [7, 11) is 0. The summed E-state index contributed by atoms with van der Waals surface area (Å²) in [5.41, 5.74) is 5.24. The number of ether oxygens (including phenoxy) is 1. The molecule has 1 unspecified atom stereocenters. The first-order valence-electron chi connectivity index (χ1n) is 6.96. The number of benzene rings is 2. The number of hydrogen-bond donors (Lipinski definition) is 2. The third-order valence-corrected chi connectivity index (χ3v) is 3.14. The number of para-hydroxylation sites is 1. The second-order valence-electron chi connectivity index (χ2n) is 5.11. The predicted molar refractivity (Wildman–Crippen MR) is 82.4 cm³/mol. The molecule has 1 atom stereocenters. The van der Waals surface area contributed by atoms with Crippen molar-refractivity contribution >= 4 is 0 Å². The molecule has 2 rings (SSSR count). The maximum atomic E-state index is 5.87. The molecule has 106 valence electrons. The molecule has 3 nitrogen and oxygen atoms in total. The summed E-state index contributed by atoms with van der Waals surface area (Å²) < 4.78 is 5.87. The van der Waals surface area contributed by atoms with Crippen LogP contribution in [-0.4, -0.2) is 6.10 Å². The lowest BCUT2D eigenvalue weighted by Gasteiger charge is -2.21. The Kier molecular flexibility index (Phi) is 5.16. The summed E-state index contributed by atoms with van der Waals surface area (Å²) in [6.45, 7) is 4.05. The highest BCUT2D eigenvalue weighted by atomic mass is 16.5. The van der Waals surface area contributed by atoms with Gasteiger partial charge >= 0.3 is 0 Å². The summed E-state index contributed by atoms with van der Waals surface area (Å²) in [6.07, 6.45) is 0.974. The van der Waals surface area contributed by atoms with Crippen molar-refractivity contribution in [2.24, 2.45) is 5.84 Å². The Balaban J connectivity index is 2.23. The van der Waals surface area contributed by atoms with Gasteiger partial charge in [0.2, 0.25) is 0 Å². The fraction of sp³-hybridized carbons (Fsp3) is 0.294. The summed E-state index contributed by atoms with van der Waals surface area (Å²) in [5, 5.41) is 0. The smallest absolute Gasteiger partial charge is 0.124 e. The average Bonchev–Trinajstić information content (AvgIpc) is 2.46. The Bertz CT molecular complexity index is 526. The summed E-state index contributed by atoms with van der Waals surface area (Å²) in [4.78, 5) is 0. The highest BCUT2D eigenvalue weighted by Gasteiger charge is 2.15. The largest absolute Gasteiger partial charge is 0.491 e. The molecule has 2 aromatic carbocycles. The maximum absolute atomic E-state index is 5.87. The lowest BCUT2D eigenvalue weighted by atomic mass is 9.98. The fourth-order valence-electron chi connectivity index (χ4n) is 2.24. The van der Waals surface area contributed by atoms with Gasteiger partial charge in [0.1, 0.15) is 5.75 Å². The predicted octanol–water partition coefficient (Wildman–Crippen LogP) is 3.22. The normalized spacial score (nSPS) is 12.4. The molecule has 3 heteroatoms. The molecule has 0 saturated carbocycles. The quantitative estimate of drug-likeness (QED) is 0.626. The van der Waals surface area contributed by atoms with Crippen LogP contribution < -0.4 is 16.0 Å². The van der Waals surface area contributed by atoms with E-state index in [0.29, 0.717) is 0 Å². The summed E-state index contributed by atoms with van der Waals surface area (Å²) in [6, 6.07) is 18.4. The summed E-state index contributed by atoms with van der Waals surface area (Å²) >= 11 is 0. The number of hydrazine groups is 1. The molecule has 0 saturated heterocycles. The van der Waals surface area contributed by atoms with Gasteiger partial charge in [0.15, 0.2) is 0 Å². The van der Waals surface area contributed by atoms with Crippen molar-refractivity contribution in [2.75, 3.05) is 0 Å². The Hall–Kier alpha value is -1.84. The molecule has 3 N–H and O–H groups in total. The molecular formula is C17H22N2O. The monoisotopic (exact) mass is 270 g/mol. The van der Waals surface area contributed by atoms with E-state index in [1.807, 2.05) is 50.2 Å². The van der Waals surface area contributed by atoms with Crippen LogP contribution in [0.4, 0.5) is 0 Å². The van der Waals surface area contributed by atoms with E-state index in [9.17, 15) is 0 Å². The van der Waals surface area contributed by atoms with Crippen molar-refractivity contribution in [2.45, 2.75) is 32.4 Å². The first-order chi connectivity index (χ1) is 9.70. The van der Waals surface area contributed by atoms with E-state index in [1.54, 1.807) is 0 Å². The molecule has 0 amide bonds. The van der Waals surface area contributed by atoms with Gasteiger partial charge in [-0.25, -0.2) is 0 Å². The van der Waals surface area contributed by atoms with Crippen LogP contribution >= 0.6 is 0 Å². The lowest BCUT2D eigenvalue weighted by Crippen LogP contribution is -2.30. The van der Waals surface area contributed by atoms with Gasteiger partial charge in [0.05, 0.1) is 12.1 Å². The molecular weight excluding hydrogens is 248 g/mol. The van der Waals surface area contributed by atoms with Crippen molar-refractivity contribution in [3.8, 4) is 5.75 Å². The first-order valence-corrected chi connectivity index (χ1v) is 6.96. The average molecular weight is 270 g/mol. The molecule has 20 heavy (non-hydrogen) atoms. The Labute approximate surface area is 120 Å². The van der Waals surface area contributed by atoms with E-state index >= 15 is 0 Å². The molecule has 0 bridgehead atoms. The van der Waals surface area contributed by atoms with Gasteiger partial charge in [-0.15, -0.1) is 0 Å². The van der Waals surface area contributed by atoms with Gasteiger partial charge < -0.3 is 4.74 Å². The standard InChI is InChI=1S/C17H22N2O/c1-13(2)20-17-11-7-6-10-15(17)16(19-18)12-14-8-4-3-5-9-14/h3-11,13,16,19H,12,18H2,1-2H3. The number of hydrogen-bond acceptors (Lipinski definition) is 3. The van der Waals surface area contributed by atoms with Gasteiger partial charge in [-0.3, -0.25) is 11.3 Å². The zero-order chi connectivity index (χ0) is 14.4. The highest BCUT2D eigenvalue weighted by Crippen LogP contribution is 2.27. The van der Waals surface area contributed by atoms with Crippen LogP contribution in [0.2, 0.25) is 0 Å². The molecule has 0 aromatic heterocycles. The Morgan fingerprint density at radius 2 is 1.65 bits per heavy atom. The molecule has 0 aliphatic heterocycles. The van der Waals surface area contributed by atoms with Crippen LogP contribution in [0.1, 0.15) is 31.0 Å². The van der Waals surface area contributed by atoms with Gasteiger partial charge in [-0.1, -0.05) is 48.5 Å². The third kappa shape index (κ3) is 3.83. The van der Waals surface area contributed by atoms with Crippen LogP contribution in [-0.2, 0) is 6.42 Å². The second kappa shape index (κ2) is 7.08. The molecule has 0 radical (unpaired) electrons. The minimum Gasteiger partial charge on any atom is -0.491 e. The molecule has 0 aliphatic carbocycles. The zero-order valence-corrected chi connectivity index (χ0v) is 12.0. The zero-order valence-electron chi connectivity index (χ0n) is 12.0. The van der Waals surface area contributed by atoms with Crippen molar-refractivity contribution in [3.63, 3.8) is 0 Å². The van der Waals surface area contributed by atoms with E-state index in [1.165, 1.54) is 5.56 Å². The van der Waals surface area contributed by atoms with E-state index < -0.39 is 0 Å². The third-order valence-electron chi connectivity index (χ3n) is 3.14. The summed E-state index contributed by atoms with van der Waals surface area (Å²) in [5.74, 6) is 6.64. The fourth-order valence-corrected chi connectivity index (χ4v) is 2.24. The maximum Gasteiger partial charge on any atom is 0.124 e. The number of nitrogens with two attached hydrogens (primary N) is 1. The Morgan fingerprint density at radius 3 is 2.30 bits per heavy atom. The van der Waals surface area contributed by atoms with Crippen LogP contribution in [0.15, 0.2) is 54.6 Å². The topological polar surface area (TPSA) is 47.3 Å². The Morgan fingerprint density at radius 1 is 1.00 bits per heavy atom. The number of nitrogens with one attached hydrogen (secondary N) is 1. The molecule has 0 fully saturated rings. The first kappa shape index (κ1) is 14.6. The van der Waals surface area contributed by atoms with Crippen molar-refractivity contribution < 1.29 is 4.74 Å². The van der Waals surface area contributed by atoms with Crippen molar-refractivity contribution in [1.29, 1.82) is 0 Å². The van der Waals surface area contributed by atoms with Crippen LogP contribution in [0, 0.1) is 0 Å². The second-order valence-corrected chi connectivity index (χ2v) is 5.11. The van der Waals surface area contributed by atoms with E-state index in [-0.39, 0.29) is 12.1 Å². The van der Waals surface area contributed by atoms with Crippen LogP contribution in [0.25, 0.3) is 0 Å².